The number of phenols is 1. The van der Waals surface area contributed by atoms with Crippen molar-refractivity contribution < 1.29 is 9.90 Å². The first kappa shape index (κ1) is 13.6. The zero-order valence-corrected chi connectivity index (χ0v) is 12.5. The number of anilines is 1. The monoisotopic (exact) mass is 298 g/mol. The number of amides is 1. The van der Waals surface area contributed by atoms with E-state index in [1.807, 2.05) is 13.0 Å². The van der Waals surface area contributed by atoms with Crippen LogP contribution in [0.2, 0.25) is 0 Å². The number of hydrogen-bond acceptors (Lipinski definition) is 4. The van der Waals surface area contributed by atoms with Crippen LogP contribution in [0.3, 0.4) is 0 Å². The summed E-state index contributed by atoms with van der Waals surface area (Å²) >= 11 is 1.42. The minimum Gasteiger partial charge on any atom is -0.507 e. The molecule has 0 atom stereocenters. The molecule has 0 saturated heterocycles. The predicted molar refractivity (Wildman–Crippen MR) is 85.2 cm³/mol. The second-order valence-corrected chi connectivity index (χ2v) is 5.93. The Labute approximate surface area is 126 Å². The van der Waals surface area contributed by atoms with Crippen molar-refractivity contribution in [1.82, 2.24) is 4.98 Å². The topological polar surface area (TPSA) is 62.2 Å². The summed E-state index contributed by atoms with van der Waals surface area (Å²) in [6, 6.07) is 10.5. The maximum Gasteiger partial charge on any atom is 0.261 e. The number of phenolic OH excluding ortho intramolecular Hbond substituents is 1. The van der Waals surface area contributed by atoms with E-state index in [1.165, 1.54) is 28.5 Å². The summed E-state index contributed by atoms with van der Waals surface area (Å²) < 4.78 is 1.03. The fourth-order valence-electron chi connectivity index (χ4n) is 2.06. The molecular formula is C16H14N2O2S. The summed E-state index contributed by atoms with van der Waals surface area (Å²) in [5.41, 5.74) is 3.48. The number of carbonyl (C=O) groups excluding carboxylic acids is 1. The molecule has 0 aliphatic carbocycles. The Bertz CT molecular complexity index is 800. The van der Waals surface area contributed by atoms with Crippen molar-refractivity contribution in [2.24, 2.45) is 0 Å². The van der Waals surface area contributed by atoms with Crippen LogP contribution in [-0.2, 0) is 0 Å². The maximum atomic E-state index is 12.1. The normalized spacial score (nSPS) is 10.8. The van der Waals surface area contributed by atoms with Crippen molar-refractivity contribution in [3.05, 3.63) is 53.1 Å². The van der Waals surface area contributed by atoms with E-state index >= 15 is 0 Å². The van der Waals surface area contributed by atoms with E-state index in [4.69, 9.17) is 0 Å². The number of aromatic hydroxyl groups is 1. The van der Waals surface area contributed by atoms with Gasteiger partial charge in [0.2, 0.25) is 0 Å². The first-order valence-corrected chi connectivity index (χ1v) is 7.33. The van der Waals surface area contributed by atoms with Gasteiger partial charge in [0.05, 0.1) is 15.8 Å². The molecule has 5 heteroatoms. The van der Waals surface area contributed by atoms with E-state index < -0.39 is 0 Å². The highest BCUT2D eigenvalue weighted by Gasteiger charge is 2.13. The lowest BCUT2D eigenvalue weighted by Gasteiger charge is -2.03. The lowest BCUT2D eigenvalue weighted by molar-refractivity contribution is 0.102. The molecule has 3 aromatic rings. The molecule has 3 rings (SSSR count). The Kier molecular flexibility index (Phi) is 3.35. The molecule has 1 aromatic heterocycles. The molecule has 106 valence electrons. The molecule has 0 radical (unpaired) electrons. The Balaban J connectivity index is 1.92. The van der Waals surface area contributed by atoms with Gasteiger partial charge in [-0.2, -0.15) is 0 Å². The fourth-order valence-corrected chi connectivity index (χ4v) is 3.00. The van der Waals surface area contributed by atoms with Gasteiger partial charge in [0.25, 0.3) is 5.91 Å². The molecule has 0 bridgehead atoms. The number of benzene rings is 2. The lowest BCUT2D eigenvalue weighted by Crippen LogP contribution is -2.11. The van der Waals surface area contributed by atoms with Gasteiger partial charge in [-0.3, -0.25) is 10.1 Å². The number of aromatic nitrogens is 1. The highest BCUT2D eigenvalue weighted by atomic mass is 32.1. The molecule has 0 unspecified atom stereocenters. The molecule has 0 spiro atoms. The summed E-state index contributed by atoms with van der Waals surface area (Å²) in [7, 11) is 0. The van der Waals surface area contributed by atoms with E-state index in [2.05, 4.69) is 23.3 Å². The van der Waals surface area contributed by atoms with Crippen molar-refractivity contribution in [3.63, 3.8) is 0 Å². The van der Waals surface area contributed by atoms with Crippen LogP contribution < -0.4 is 5.32 Å². The zero-order chi connectivity index (χ0) is 15.0. The Morgan fingerprint density at radius 2 is 1.90 bits per heavy atom. The number of carbonyl (C=O) groups is 1. The first-order valence-electron chi connectivity index (χ1n) is 6.52. The second kappa shape index (κ2) is 5.18. The Morgan fingerprint density at radius 1 is 1.19 bits per heavy atom. The predicted octanol–water partition coefficient (Wildman–Crippen LogP) is 3.87. The molecule has 0 aliphatic heterocycles. The van der Waals surface area contributed by atoms with E-state index in [0.717, 1.165) is 10.2 Å². The van der Waals surface area contributed by atoms with E-state index in [0.29, 0.717) is 5.13 Å². The number of thiazole rings is 1. The van der Waals surface area contributed by atoms with Crippen molar-refractivity contribution in [2.45, 2.75) is 13.8 Å². The van der Waals surface area contributed by atoms with Gasteiger partial charge < -0.3 is 5.11 Å². The molecule has 2 N–H and O–H groups in total. The summed E-state index contributed by atoms with van der Waals surface area (Å²) in [6.07, 6.45) is 0. The minimum absolute atomic E-state index is 0.0391. The van der Waals surface area contributed by atoms with Crippen LogP contribution in [0.1, 0.15) is 21.5 Å². The summed E-state index contributed by atoms with van der Waals surface area (Å²) in [4.78, 5) is 16.6. The minimum atomic E-state index is -0.361. The highest BCUT2D eigenvalue weighted by molar-refractivity contribution is 7.22. The fraction of sp³-hybridized carbons (Fsp3) is 0.125. The molecular weight excluding hydrogens is 284 g/mol. The number of rotatable bonds is 2. The average Bonchev–Trinajstić information content (AvgIpc) is 2.81. The van der Waals surface area contributed by atoms with Crippen LogP contribution in [-0.4, -0.2) is 16.0 Å². The number of hydrogen-bond donors (Lipinski definition) is 2. The number of para-hydroxylation sites is 1. The number of aryl methyl sites for hydroxylation is 2. The molecule has 0 fully saturated rings. The van der Waals surface area contributed by atoms with Crippen molar-refractivity contribution in [2.75, 3.05) is 5.32 Å². The van der Waals surface area contributed by atoms with E-state index in [1.54, 1.807) is 18.2 Å². The van der Waals surface area contributed by atoms with Crippen LogP contribution in [0.25, 0.3) is 10.2 Å². The van der Waals surface area contributed by atoms with Crippen LogP contribution >= 0.6 is 11.3 Å². The zero-order valence-electron chi connectivity index (χ0n) is 11.7. The van der Waals surface area contributed by atoms with Gasteiger partial charge in [-0.05, 0) is 49.2 Å². The Morgan fingerprint density at radius 3 is 2.67 bits per heavy atom. The van der Waals surface area contributed by atoms with Gasteiger partial charge in [0.1, 0.15) is 5.75 Å². The van der Waals surface area contributed by atoms with Gasteiger partial charge >= 0.3 is 0 Å². The van der Waals surface area contributed by atoms with Crippen LogP contribution in [0.4, 0.5) is 5.13 Å². The third kappa shape index (κ3) is 2.60. The standard InChI is InChI=1S/C16H14N2O2S/c1-9-7-12-14(8-10(9)2)21-16(17-12)18-15(20)11-5-3-4-6-13(11)19/h3-8,19H,1-2H3,(H,17,18,20). The number of nitrogens with one attached hydrogen (secondary N) is 1. The number of nitrogens with zero attached hydrogens (tertiary/aromatic N) is 1. The summed E-state index contributed by atoms with van der Waals surface area (Å²) in [6.45, 7) is 4.09. The molecule has 0 aliphatic rings. The van der Waals surface area contributed by atoms with Gasteiger partial charge in [-0.1, -0.05) is 23.5 Å². The Hall–Kier alpha value is -2.40. The van der Waals surface area contributed by atoms with Gasteiger partial charge in [0.15, 0.2) is 5.13 Å². The largest absolute Gasteiger partial charge is 0.507 e. The SMILES string of the molecule is Cc1cc2nc(NC(=O)c3ccccc3O)sc2cc1C. The lowest BCUT2D eigenvalue weighted by atomic mass is 10.1. The third-order valence-electron chi connectivity index (χ3n) is 3.37. The molecule has 21 heavy (non-hydrogen) atoms. The quantitative estimate of drug-likeness (QED) is 0.755. The van der Waals surface area contributed by atoms with Crippen LogP contribution in [0.15, 0.2) is 36.4 Å². The van der Waals surface area contributed by atoms with Crippen molar-refractivity contribution in [3.8, 4) is 5.75 Å². The summed E-state index contributed by atoms with van der Waals surface area (Å²) in [5.74, 6) is -0.400. The first-order chi connectivity index (χ1) is 10.0. The number of fused-ring (bicyclic) bond motifs is 1. The van der Waals surface area contributed by atoms with Crippen molar-refractivity contribution in [1.29, 1.82) is 0 Å². The maximum absolute atomic E-state index is 12.1. The van der Waals surface area contributed by atoms with E-state index in [-0.39, 0.29) is 17.2 Å². The smallest absolute Gasteiger partial charge is 0.261 e. The molecule has 1 heterocycles. The van der Waals surface area contributed by atoms with Gasteiger partial charge in [-0.15, -0.1) is 0 Å². The van der Waals surface area contributed by atoms with Gasteiger partial charge in [-0.25, -0.2) is 4.98 Å². The average molecular weight is 298 g/mol. The molecule has 4 nitrogen and oxygen atoms in total. The molecule has 0 saturated carbocycles. The third-order valence-corrected chi connectivity index (χ3v) is 4.31. The van der Waals surface area contributed by atoms with E-state index in [9.17, 15) is 9.90 Å². The van der Waals surface area contributed by atoms with Crippen molar-refractivity contribution >= 4 is 32.6 Å². The second-order valence-electron chi connectivity index (χ2n) is 4.89. The molecule has 2 aromatic carbocycles. The molecule has 1 amide bonds. The van der Waals surface area contributed by atoms with Crippen LogP contribution in [0, 0.1) is 13.8 Å². The highest BCUT2D eigenvalue weighted by Crippen LogP contribution is 2.29. The van der Waals surface area contributed by atoms with Gasteiger partial charge in [0, 0.05) is 0 Å². The van der Waals surface area contributed by atoms with Crippen LogP contribution in [0.5, 0.6) is 5.75 Å². The summed E-state index contributed by atoms with van der Waals surface area (Å²) in [5, 5.41) is 13.0.